The molecule has 0 bridgehead atoms. The molecule has 7 heteroatoms. The van der Waals surface area contributed by atoms with Crippen molar-refractivity contribution >= 4 is 22.6 Å². The minimum absolute atomic E-state index is 0.0327. The van der Waals surface area contributed by atoms with Crippen LogP contribution in [0.4, 0.5) is 5.69 Å². The number of hydrogen-bond donors (Lipinski definition) is 0. The van der Waals surface area contributed by atoms with E-state index in [0.29, 0.717) is 17.6 Å². The van der Waals surface area contributed by atoms with E-state index in [1.165, 1.54) is 22.7 Å². The predicted molar refractivity (Wildman–Crippen MR) is 94.5 cm³/mol. The van der Waals surface area contributed by atoms with E-state index in [-0.39, 0.29) is 17.9 Å². The average molecular weight is 337 g/mol. The number of fused-ring (bicyclic) bond motifs is 2. The molecule has 1 aromatic carbocycles. The number of aromatic nitrogens is 4. The van der Waals surface area contributed by atoms with Gasteiger partial charge in [0.1, 0.15) is 5.39 Å². The summed E-state index contributed by atoms with van der Waals surface area (Å²) in [5, 5.41) is 4.53. The highest BCUT2D eigenvalue weighted by Gasteiger charge is 2.22. The van der Waals surface area contributed by atoms with Gasteiger partial charge in [-0.2, -0.15) is 5.10 Å². The van der Waals surface area contributed by atoms with Crippen molar-refractivity contribution in [3.8, 4) is 0 Å². The van der Waals surface area contributed by atoms with E-state index in [0.717, 1.165) is 25.1 Å². The first-order valence-electron chi connectivity index (χ1n) is 8.40. The van der Waals surface area contributed by atoms with Gasteiger partial charge >= 0.3 is 0 Å². The Balaban J connectivity index is 1.53. The molecule has 1 aliphatic rings. The number of carbonyl (C=O) groups is 1. The van der Waals surface area contributed by atoms with Crippen molar-refractivity contribution in [2.75, 3.05) is 11.4 Å². The minimum Gasteiger partial charge on any atom is -0.312 e. The van der Waals surface area contributed by atoms with E-state index in [1.54, 1.807) is 11.7 Å². The van der Waals surface area contributed by atoms with Crippen LogP contribution in [0, 0.1) is 0 Å². The zero-order chi connectivity index (χ0) is 17.4. The highest BCUT2D eigenvalue weighted by atomic mass is 16.2. The van der Waals surface area contributed by atoms with Crippen molar-refractivity contribution in [3.05, 3.63) is 52.7 Å². The number of para-hydroxylation sites is 1. The average Bonchev–Trinajstić information content (AvgIpc) is 3.02. The molecule has 3 aromatic rings. The van der Waals surface area contributed by atoms with E-state index in [2.05, 4.69) is 16.1 Å². The van der Waals surface area contributed by atoms with Crippen LogP contribution in [0.5, 0.6) is 0 Å². The zero-order valence-corrected chi connectivity index (χ0v) is 14.1. The molecule has 0 N–H and O–H groups in total. The summed E-state index contributed by atoms with van der Waals surface area (Å²) in [5.41, 5.74) is 2.59. The smallest absolute Gasteiger partial charge is 0.264 e. The highest BCUT2D eigenvalue weighted by Crippen LogP contribution is 2.27. The lowest BCUT2D eigenvalue weighted by Crippen LogP contribution is -2.36. The van der Waals surface area contributed by atoms with Crippen molar-refractivity contribution < 1.29 is 4.79 Å². The number of anilines is 1. The Bertz CT molecular complexity index is 1000. The van der Waals surface area contributed by atoms with Crippen molar-refractivity contribution in [2.45, 2.75) is 25.8 Å². The van der Waals surface area contributed by atoms with Gasteiger partial charge in [-0.25, -0.2) is 4.98 Å². The molecule has 1 aliphatic heterocycles. The molecule has 128 valence electrons. The molecule has 0 radical (unpaired) electrons. The number of carbonyl (C=O) groups excluding carboxylic acids is 1. The van der Waals surface area contributed by atoms with Crippen LogP contribution >= 0.6 is 0 Å². The molecule has 25 heavy (non-hydrogen) atoms. The lowest BCUT2D eigenvalue weighted by atomic mass is 10.0. The molecular formula is C18H19N5O2. The third kappa shape index (κ3) is 2.71. The Morgan fingerprint density at radius 2 is 2.12 bits per heavy atom. The first-order chi connectivity index (χ1) is 12.1. The van der Waals surface area contributed by atoms with Crippen LogP contribution < -0.4 is 10.5 Å². The van der Waals surface area contributed by atoms with Crippen LogP contribution in [-0.2, 0) is 24.8 Å². The van der Waals surface area contributed by atoms with Crippen molar-refractivity contribution in [1.82, 2.24) is 19.3 Å². The van der Waals surface area contributed by atoms with Gasteiger partial charge in [0, 0.05) is 32.2 Å². The van der Waals surface area contributed by atoms with Crippen LogP contribution in [0.25, 0.3) is 11.0 Å². The third-order valence-corrected chi connectivity index (χ3v) is 4.70. The number of aryl methyl sites for hydroxylation is 3. The van der Waals surface area contributed by atoms with Gasteiger partial charge in [0.05, 0.1) is 12.5 Å². The number of amides is 1. The lowest BCUT2D eigenvalue weighted by Gasteiger charge is -2.29. The number of benzene rings is 1. The number of rotatable bonds is 3. The molecule has 7 nitrogen and oxygen atoms in total. The number of hydrogen-bond acceptors (Lipinski definition) is 4. The monoisotopic (exact) mass is 337 g/mol. The van der Waals surface area contributed by atoms with Gasteiger partial charge < -0.3 is 4.90 Å². The maximum atomic E-state index is 12.7. The summed E-state index contributed by atoms with van der Waals surface area (Å²) >= 11 is 0. The summed E-state index contributed by atoms with van der Waals surface area (Å²) in [6, 6.07) is 8.01. The molecule has 2 aromatic heterocycles. The Morgan fingerprint density at radius 3 is 3.00 bits per heavy atom. The largest absolute Gasteiger partial charge is 0.312 e. The van der Waals surface area contributed by atoms with Crippen LogP contribution in [0.15, 0.2) is 41.6 Å². The van der Waals surface area contributed by atoms with Gasteiger partial charge in [-0.15, -0.1) is 0 Å². The molecule has 0 unspecified atom stereocenters. The van der Waals surface area contributed by atoms with Crippen LogP contribution in [0.3, 0.4) is 0 Å². The van der Waals surface area contributed by atoms with Gasteiger partial charge in [0.25, 0.3) is 5.56 Å². The second-order valence-electron chi connectivity index (χ2n) is 6.28. The van der Waals surface area contributed by atoms with Crippen molar-refractivity contribution in [1.29, 1.82) is 0 Å². The molecule has 1 amide bonds. The standard InChI is InChI=1S/C18H19N5O2/c1-21-17-14(11-20-21)18(25)22(12-19-17)10-8-16(24)23-9-4-6-13-5-2-3-7-15(13)23/h2-3,5,7,11-12H,4,6,8-10H2,1H3. The molecule has 0 saturated heterocycles. The summed E-state index contributed by atoms with van der Waals surface area (Å²) < 4.78 is 3.05. The molecule has 3 heterocycles. The van der Waals surface area contributed by atoms with Gasteiger partial charge in [0.2, 0.25) is 5.91 Å². The van der Waals surface area contributed by atoms with Gasteiger partial charge in [0.15, 0.2) is 5.65 Å². The van der Waals surface area contributed by atoms with E-state index in [1.807, 2.05) is 23.1 Å². The maximum Gasteiger partial charge on any atom is 0.264 e. The molecule has 0 spiro atoms. The summed E-state index contributed by atoms with van der Waals surface area (Å²) in [6.45, 7) is 1.04. The van der Waals surface area contributed by atoms with Crippen LogP contribution in [-0.4, -0.2) is 31.8 Å². The van der Waals surface area contributed by atoms with Crippen molar-refractivity contribution in [2.24, 2.45) is 7.05 Å². The SMILES string of the molecule is Cn1ncc2c(=O)n(CCC(=O)N3CCCc4ccccc43)cnc21. The predicted octanol–water partition coefficient (Wildman–Crippen LogP) is 1.50. The molecule has 0 atom stereocenters. The Labute approximate surface area is 144 Å². The third-order valence-electron chi connectivity index (χ3n) is 4.70. The maximum absolute atomic E-state index is 12.7. The second-order valence-corrected chi connectivity index (χ2v) is 6.28. The molecule has 0 saturated carbocycles. The molecule has 0 aliphatic carbocycles. The Morgan fingerprint density at radius 1 is 1.28 bits per heavy atom. The van der Waals surface area contributed by atoms with Gasteiger partial charge in [-0.05, 0) is 24.5 Å². The van der Waals surface area contributed by atoms with Gasteiger partial charge in [-0.1, -0.05) is 18.2 Å². The minimum atomic E-state index is -0.162. The summed E-state index contributed by atoms with van der Waals surface area (Å²) in [6.07, 6.45) is 5.24. The zero-order valence-electron chi connectivity index (χ0n) is 14.1. The highest BCUT2D eigenvalue weighted by molar-refractivity contribution is 5.94. The van der Waals surface area contributed by atoms with E-state index < -0.39 is 0 Å². The number of nitrogens with zero attached hydrogens (tertiary/aromatic N) is 5. The van der Waals surface area contributed by atoms with Crippen LogP contribution in [0.2, 0.25) is 0 Å². The van der Waals surface area contributed by atoms with E-state index in [4.69, 9.17) is 0 Å². The molecule has 4 rings (SSSR count). The van der Waals surface area contributed by atoms with Crippen LogP contribution in [0.1, 0.15) is 18.4 Å². The topological polar surface area (TPSA) is 73.0 Å². The summed E-state index contributed by atoms with van der Waals surface area (Å²) in [7, 11) is 1.75. The van der Waals surface area contributed by atoms with E-state index in [9.17, 15) is 9.59 Å². The van der Waals surface area contributed by atoms with E-state index >= 15 is 0 Å². The first-order valence-corrected chi connectivity index (χ1v) is 8.40. The fourth-order valence-electron chi connectivity index (χ4n) is 3.37. The molecule has 0 fully saturated rings. The second kappa shape index (κ2) is 6.16. The fourth-order valence-corrected chi connectivity index (χ4v) is 3.37. The molecular weight excluding hydrogens is 318 g/mol. The summed E-state index contributed by atoms with van der Waals surface area (Å²) in [5.74, 6) is 0.0327. The first kappa shape index (κ1) is 15.6. The summed E-state index contributed by atoms with van der Waals surface area (Å²) in [4.78, 5) is 31.3. The normalized spacial score (nSPS) is 13.9. The Hall–Kier alpha value is -2.96. The lowest BCUT2D eigenvalue weighted by molar-refractivity contribution is -0.118. The quantitative estimate of drug-likeness (QED) is 0.726. The van der Waals surface area contributed by atoms with Crippen molar-refractivity contribution in [3.63, 3.8) is 0 Å². The van der Waals surface area contributed by atoms with Gasteiger partial charge in [-0.3, -0.25) is 18.8 Å². The Kier molecular flexibility index (Phi) is 3.83. The fraction of sp³-hybridized carbons (Fsp3) is 0.333.